The van der Waals surface area contributed by atoms with Crippen molar-refractivity contribution < 1.29 is 13.9 Å². The summed E-state index contributed by atoms with van der Waals surface area (Å²) in [6.07, 6.45) is 3.46. The van der Waals surface area contributed by atoms with Gasteiger partial charge in [0.05, 0.1) is 12.0 Å². The molecule has 2 heterocycles. The van der Waals surface area contributed by atoms with E-state index in [-0.39, 0.29) is 11.8 Å². The van der Waals surface area contributed by atoms with Crippen molar-refractivity contribution in [2.75, 3.05) is 6.61 Å². The molecule has 0 unspecified atom stereocenters. The molecular formula is C23H20FN3O2S. The lowest BCUT2D eigenvalue weighted by atomic mass is 10.1. The second kappa shape index (κ2) is 8.67. The van der Waals surface area contributed by atoms with Crippen molar-refractivity contribution in [3.05, 3.63) is 72.9 Å². The van der Waals surface area contributed by atoms with Crippen LogP contribution in [0.15, 0.2) is 72.1 Å². The van der Waals surface area contributed by atoms with Crippen LogP contribution in [0.3, 0.4) is 0 Å². The lowest BCUT2D eigenvalue weighted by molar-refractivity contribution is -0.142. The predicted molar refractivity (Wildman–Crippen MR) is 116 cm³/mol. The van der Waals surface area contributed by atoms with Crippen LogP contribution in [-0.2, 0) is 9.53 Å². The van der Waals surface area contributed by atoms with E-state index in [0.29, 0.717) is 17.3 Å². The minimum absolute atomic E-state index is 0.284. The highest BCUT2D eigenvalue weighted by Crippen LogP contribution is 2.38. The maximum Gasteiger partial charge on any atom is 0.319 e. The number of fused-ring (bicyclic) bond motifs is 1. The van der Waals surface area contributed by atoms with Crippen molar-refractivity contribution in [2.24, 2.45) is 0 Å². The zero-order valence-corrected chi connectivity index (χ0v) is 17.4. The zero-order chi connectivity index (χ0) is 21.1. The van der Waals surface area contributed by atoms with E-state index < -0.39 is 5.25 Å². The Morgan fingerprint density at radius 1 is 1.13 bits per heavy atom. The molecule has 4 rings (SSSR count). The maximum atomic E-state index is 13.5. The van der Waals surface area contributed by atoms with Gasteiger partial charge in [0.25, 0.3) is 0 Å². The SMILES string of the molecule is CCOC(=O)[C@H](C)Sc1ncnc2c1c(-c1ccccc1)cn2-c1ccc(F)cc1. The molecule has 0 spiro atoms. The molecule has 0 aliphatic rings. The number of rotatable bonds is 6. The first kappa shape index (κ1) is 20.1. The molecule has 30 heavy (non-hydrogen) atoms. The number of nitrogens with zero attached hydrogens (tertiary/aromatic N) is 3. The summed E-state index contributed by atoms with van der Waals surface area (Å²) in [5.41, 5.74) is 3.42. The van der Waals surface area contributed by atoms with E-state index in [4.69, 9.17) is 4.74 Å². The number of carbonyl (C=O) groups is 1. The Kier molecular flexibility index (Phi) is 5.81. The topological polar surface area (TPSA) is 57.0 Å². The predicted octanol–water partition coefficient (Wildman–Crippen LogP) is 5.27. The van der Waals surface area contributed by atoms with Gasteiger partial charge < -0.3 is 9.30 Å². The van der Waals surface area contributed by atoms with Gasteiger partial charge in [-0.2, -0.15) is 0 Å². The molecule has 0 saturated carbocycles. The van der Waals surface area contributed by atoms with Gasteiger partial charge in [-0.3, -0.25) is 4.79 Å². The van der Waals surface area contributed by atoms with Gasteiger partial charge in [0.2, 0.25) is 0 Å². The number of hydrogen-bond donors (Lipinski definition) is 0. The van der Waals surface area contributed by atoms with Crippen LogP contribution in [0.1, 0.15) is 13.8 Å². The number of benzene rings is 2. The molecule has 2 aromatic heterocycles. The van der Waals surface area contributed by atoms with Crippen LogP contribution in [0.2, 0.25) is 0 Å². The van der Waals surface area contributed by atoms with Crippen LogP contribution in [0, 0.1) is 5.82 Å². The summed E-state index contributed by atoms with van der Waals surface area (Å²) in [7, 11) is 0. The fourth-order valence-electron chi connectivity index (χ4n) is 3.23. The normalized spacial score (nSPS) is 12.1. The molecule has 5 nitrogen and oxygen atoms in total. The van der Waals surface area contributed by atoms with Crippen LogP contribution in [0.25, 0.3) is 27.8 Å². The molecule has 2 aromatic carbocycles. The number of esters is 1. The van der Waals surface area contributed by atoms with Crippen molar-refractivity contribution >= 4 is 28.8 Å². The molecule has 0 saturated heterocycles. The van der Waals surface area contributed by atoms with E-state index in [1.54, 1.807) is 26.0 Å². The fraction of sp³-hybridized carbons (Fsp3) is 0.174. The number of thioether (sulfide) groups is 1. The molecule has 0 N–H and O–H groups in total. The van der Waals surface area contributed by atoms with Crippen molar-refractivity contribution in [1.82, 2.24) is 14.5 Å². The number of aromatic nitrogens is 3. The molecule has 7 heteroatoms. The monoisotopic (exact) mass is 421 g/mol. The molecule has 152 valence electrons. The average Bonchev–Trinajstić information content (AvgIpc) is 3.16. The van der Waals surface area contributed by atoms with Gasteiger partial charge in [0, 0.05) is 17.4 Å². The largest absolute Gasteiger partial charge is 0.465 e. The first-order chi connectivity index (χ1) is 14.6. The number of hydrogen-bond acceptors (Lipinski definition) is 5. The zero-order valence-electron chi connectivity index (χ0n) is 16.6. The Labute approximate surface area is 177 Å². The molecule has 0 amide bonds. The lowest BCUT2D eigenvalue weighted by Gasteiger charge is -2.11. The molecule has 0 fully saturated rings. The van der Waals surface area contributed by atoms with Gasteiger partial charge in [-0.05, 0) is 43.7 Å². The minimum Gasteiger partial charge on any atom is -0.465 e. The number of ether oxygens (including phenoxy) is 1. The van der Waals surface area contributed by atoms with Crippen LogP contribution < -0.4 is 0 Å². The second-order valence-corrected chi connectivity index (χ2v) is 7.97. The third-order valence-electron chi connectivity index (χ3n) is 4.64. The van der Waals surface area contributed by atoms with Gasteiger partial charge >= 0.3 is 5.97 Å². The summed E-state index contributed by atoms with van der Waals surface area (Å²) in [5, 5.41) is 1.12. The highest BCUT2D eigenvalue weighted by Gasteiger charge is 2.22. The minimum atomic E-state index is -0.416. The van der Waals surface area contributed by atoms with Gasteiger partial charge in [-0.1, -0.05) is 42.1 Å². The molecule has 0 radical (unpaired) electrons. The lowest BCUT2D eigenvalue weighted by Crippen LogP contribution is -2.16. The molecule has 0 aliphatic carbocycles. The van der Waals surface area contributed by atoms with E-state index in [1.807, 2.05) is 41.1 Å². The Balaban J connectivity index is 1.89. The fourth-order valence-corrected chi connectivity index (χ4v) is 4.16. The van der Waals surface area contributed by atoms with E-state index in [0.717, 1.165) is 22.2 Å². The summed E-state index contributed by atoms with van der Waals surface area (Å²) in [5.74, 6) is -0.582. The van der Waals surface area contributed by atoms with Crippen molar-refractivity contribution in [3.63, 3.8) is 0 Å². The highest BCUT2D eigenvalue weighted by molar-refractivity contribution is 8.00. The standard InChI is InChI=1S/C23H20FN3O2S/c1-3-29-23(28)15(2)30-22-20-19(16-7-5-4-6-8-16)13-27(21(20)25-14-26-22)18-11-9-17(24)10-12-18/h4-15H,3H2,1-2H3/t15-/m0/s1. The Bertz CT molecular complexity index is 1180. The third-order valence-corrected chi connectivity index (χ3v) is 5.72. The number of halogens is 1. The third kappa shape index (κ3) is 3.93. The Morgan fingerprint density at radius 2 is 1.87 bits per heavy atom. The summed E-state index contributed by atoms with van der Waals surface area (Å²) in [6, 6.07) is 16.2. The van der Waals surface area contributed by atoms with Gasteiger partial charge in [-0.25, -0.2) is 14.4 Å². The van der Waals surface area contributed by atoms with E-state index >= 15 is 0 Å². The number of carbonyl (C=O) groups excluding carboxylic acids is 1. The van der Waals surface area contributed by atoms with Crippen molar-refractivity contribution in [3.8, 4) is 16.8 Å². The molecular weight excluding hydrogens is 401 g/mol. The Morgan fingerprint density at radius 3 is 2.57 bits per heavy atom. The van der Waals surface area contributed by atoms with Crippen LogP contribution >= 0.6 is 11.8 Å². The quantitative estimate of drug-likeness (QED) is 0.241. The van der Waals surface area contributed by atoms with Gasteiger partial charge in [-0.15, -0.1) is 0 Å². The van der Waals surface area contributed by atoms with E-state index in [2.05, 4.69) is 9.97 Å². The summed E-state index contributed by atoms with van der Waals surface area (Å²) in [6.45, 7) is 3.92. The van der Waals surface area contributed by atoms with Crippen LogP contribution in [0.4, 0.5) is 4.39 Å². The first-order valence-electron chi connectivity index (χ1n) is 9.59. The summed E-state index contributed by atoms with van der Waals surface area (Å²) < 4.78 is 20.5. The summed E-state index contributed by atoms with van der Waals surface area (Å²) >= 11 is 1.34. The molecule has 4 aromatic rings. The smallest absolute Gasteiger partial charge is 0.319 e. The Hall–Kier alpha value is -3.19. The molecule has 0 aliphatic heterocycles. The summed E-state index contributed by atoms with van der Waals surface area (Å²) in [4.78, 5) is 21.1. The average molecular weight is 421 g/mol. The van der Waals surface area contributed by atoms with Crippen molar-refractivity contribution in [1.29, 1.82) is 0 Å². The van der Waals surface area contributed by atoms with Gasteiger partial charge in [0.1, 0.15) is 28.1 Å². The van der Waals surface area contributed by atoms with Gasteiger partial charge in [0.15, 0.2) is 0 Å². The highest BCUT2D eigenvalue weighted by atomic mass is 32.2. The van der Waals surface area contributed by atoms with Crippen molar-refractivity contribution in [2.45, 2.75) is 24.1 Å². The van der Waals surface area contributed by atoms with E-state index in [9.17, 15) is 9.18 Å². The van der Waals surface area contributed by atoms with E-state index in [1.165, 1.54) is 30.2 Å². The molecule has 1 atom stereocenters. The maximum absolute atomic E-state index is 13.5. The molecule has 0 bridgehead atoms. The second-order valence-electron chi connectivity index (χ2n) is 6.64. The van der Waals surface area contributed by atoms with Crippen LogP contribution in [-0.4, -0.2) is 32.4 Å². The van der Waals surface area contributed by atoms with Crippen LogP contribution in [0.5, 0.6) is 0 Å². The first-order valence-corrected chi connectivity index (χ1v) is 10.5.